The third-order valence-electron chi connectivity index (χ3n) is 12.7. The highest BCUT2D eigenvalue weighted by atomic mass is 15.1. The van der Waals surface area contributed by atoms with E-state index < -0.39 is 0 Å². The molecule has 1 heteroatoms. The first-order valence-electron chi connectivity index (χ1n) is 18.2. The van der Waals surface area contributed by atoms with E-state index in [1.54, 1.807) is 5.56 Å². The minimum Gasteiger partial charge on any atom is -0.310 e. The summed E-state index contributed by atoms with van der Waals surface area (Å²) in [6.07, 6.45) is 16.5. The molecule has 0 spiro atoms. The first-order chi connectivity index (χ1) is 22.7. The highest BCUT2D eigenvalue weighted by molar-refractivity contribution is 5.89. The van der Waals surface area contributed by atoms with Crippen LogP contribution >= 0.6 is 0 Å². The van der Waals surface area contributed by atoms with Gasteiger partial charge in [0.2, 0.25) is 0 Å². The summed E-state index contributed by atoms with van der Waals surface area (Å²) in [6, 6.07) is 46.6. The zero-order chi connectivity index (χ0) is 30.6. The largest absolute Gasteiger partial charge is 0.310 e. The third kappa shape index (κ3) is 4.90. The van der Waals surface area contributed by atoms with Crippen molar-refractivity contribution in [3.05, 3.63) is 138 Å². The smallest absolute Gasteiger partial charge is 0.0468 e. The van der Waals surface area contributed by atoms with Crippen molar-refractivity contribution in [2.24, 2.45) is 17.8 Å². The molecule has 0 aliphatic heterocycles. The molecule has 232 valence electrons. The van der Waals surface area contributed by atoms with Crippen LogP contribution in [0.25, 0.3) is 10.8 Å². The summed E-state index contributed by atoms with van der Waals surface area (Å²) < 4.78 is 0. The van der Waals surface area contributed by atoms with Gasteiger partial charge in [0.1, 0.15) is 0 Å². The summed E-state index contributed by atoms with van der Waals surface area (Å²) in [6.45, 7) is 0. The normalized spacial score (nSPS) is 26.6. The van der Waals surface area contributed by atoms with E-state index in [-0.39, 0.29) is 5.41 Å². The van der Waals surface area contributed by atoms with Crippen LogP contribution in [0, 0.1) is 17.8 Å². The summed E-state index contributed by atoms with van der Waals surface area (Å²) in [5.41, 5.74) is 8.79. The van der Waals surface area contributed by atoms with Gasteiger partial charge in [-0.15, -0.1) is 0 Å². The van der Waals surface area contributed by atoms with E-state index in [1.807, 2.05) is 0 Å². The van der Waals surface area contributed by atoms with E-state index in [1.165, 1.54) is 116 Å². The van der Waals surface area contributed by atoms with Crippen molar-refractivity contribution >= 4 is 27.8 Å². The Balaban J connectivity index is 1.11. The molecule has 5 aliphatic carbocycles. The monoisotopic (exact) mass is 601 g/mol. The second-order valence-electron chi connectivity index (χ2n) is 15.5. The van der Waals surface area contributed by atoms with Crippen molar-refractivity contribution in [3.63, 3.8) is 0 Å². The molecule has 0 N–H and O–H groups in total. The van der Waals surface area contributed by atoms with Crippen LogP contribution < -0.4 is 4.90 Å². The van der Waals surface area contributed by atoms with Gasteiger partial charge in [-0.3, -0.25) is 0 Å². The highest BCUT2D eigenvalue weighted by Crippen LogP contribution is 2.61. The van der Waals surface area contributed by atoms with Crippen molar-refractivity contribution in [3.8, 4) is 0 Å². The number of hydrogen-bond donors (Lipinski definition) is 0. The molecule has 0 unspecified atom stereocenters. The maximum Gasteiger partial charge on any atom is 0.0468 e. The molecule has 10 rings (SSSR count). The van der Waals surface area contributed by atoms with E-state index in [9.17, 15) is 0 Å². The van der Waals surface area contributed by atoms with Gasteiger partial charge in [-0.05, 0) is 138 Å². The van der Waals surface area contributed by atoms with E-state index in [2.05, 4.69) is 126 Å². The van der Waals surface area contributed by atoms with Gasteiger partial charge in [0.05, 0.1) is 0 Å². The van der Waals surface area contributed by atoms with Crippen molar-refractivity contribution in [1.29, 1.82) is 0 Å². The number of rotatable bonds is 6. The van der Waals surface area contributed by atoms with Crippen molar-refractivity contribution in [1.82, 2.24) is 0 Å². The van der Waals surface area contributed by atoms with Gasteiger partial charge >= 0.3 is 0 Å². The molecule has 0 radical (unpaired) electrons. The van der Waals surface area contributed by atoms with Crippen LogP contribution in [0.5, 0.6) is 0 Å². The number of hydrogen-bond acceptors (Lipinski definition) is 1. The van der Waals surface area contributed by atoms with E-state index in [0.29, 0.717) is 5.41 Å². The highest BCUT2D eigenvalue weighted by Gasteiger charge is 2.51. The zero-order valence-corrected chi connectivity index (χ0v) is 27.2. The molecule has 5 aromatic carbocycles. The second-order valence-corrected chi connectivity index (χ2v) is 15.5. The lowest BCUT2D eigenvalue weighted by molar-refractivity contribution is -0.00518. The minimum atomic E-state index is 0.101. The molecular weight excluding hydrogens is 555 g/mol. The molecule has 0 amide bonds. The minimum absolute atomic E-state index is 0.101. The van der Waals surface area contributed by atoms with Gasteiger partial charge in [0, 0.05) is 22.5 Å². The average Bonchev–Trinajstić information content (AvgIpc) is 3.36. The van der Waals surface area contributed by atoms with E-state index >= 15 is 0 Å². The van der Waals surface area contributed by atoms with Gasteiger partial charge in [0.25, 0.3) is 0 Å². The molecule has 0 atom stereocenters. The molecule has 46 heavy (non-hydrogen) atoms. The second kappa shape index (κ2) is 11.4. The van der Waals surface area contributed by atoms with Gasteiger partial charge in [-0.2, -0.15) is 0 Å². The zero-order valence-electron chi connectivity index (χ0n) is 27.2. The Morgan fingerprint density at radius 3 is 1.54 bits per heavy atom. The maximum absolute atomic E-state index is 2.50. The average molecular weight is 602 g/mol. The maximum atomic E-state index is 2.50. The number of nitrogens with zero attached hydrogens (tertiary/aromatic N) is 1. The van der Waals surface area contributed by atoms with Gasteiger partial charge < -0.3 is 4.90 Å². The molecule has 1 nitrogen and oxygen atoms in total. The predicted molar refractivity (Wildman–Crippen MR) is 193 cm³/mol. The fourth-order valence-electron chi connectivity index (χ4n) is 11.0. The number of anilines is 3. The molecular formula is C45H47N. The Labute approximate surface area is 275 Å². The molecule has 5 aliphatic rings. The Morgan fingerprint density at radius 2 is 0.935 bits per heavy atom. The molecule has 5 saturated carbocycles. The third-order valence-corrected chi connectivity index (χ3v) is 12.7. The first-order valence-corrected chi connectivity index (χ1v) is 18.2. The number of fused-ring (bicyclic) bond motifs is 1. The molecule has 5 aromatic rings. The molecule has 4 bridgehead atoms. The Hall–Kier alpha value is -3.84. The summed E-state index contributed by atoms with van der Waals surface area (Å²) in [5.74, 6) is 2.89. The van der Waals surface area contributed by atoms with Crippen LogP contribution in [0.4, 0.5) is 17.1 Å². The van der Waals surface area contributed by atoms with Crippen molar-refractivity contribution in [2.75, 3.05) is 4.90 Å². The van der Waals surface area contributed by atoms with Gasteiger partial charge in [-0.25, -0.2) is 0 Å². The lowest BCUT2D eigenvalue weighted by Gasteiger charge is -2.57. The molecule has 0 saturated heterocycles. The quantitative estimate of drug-likeness (QED) is 0.175. The fraction of sp³-hybridized carbons (Fsp3) is 0.378. The van der Waals surface area contributed by atoms with Crippen LogP contribution in [0.1, 0.15) is 93.7 Å². The standard InChI is InChI=1S/C45H47N/c1-2-9-25-45(24-8-1,39-12-4-3-5-13-39)40-17-22-42(23-18-40)46(43-19-14-36-10-6-7-11-37(36)29-43)41-20-15-38(16-21-41)44-30-33-26-34(31-44)28-35(27-33)32-44/h3-7,10-23,29,33-35H,1-2,8-9,24-28,30-32H2. The van der Waals surface area contributed by atoms with Crippen LogP contribution in [-0.2, 0) is 10.8 Å². The van der Waals surface area contributed by atoms with Crippen molar-refractivity contribution in [2.45, 2.75) is 87.9 Å². The summed E-state index contributed by atoms with van der Waals surface area (Å²) in [7, 11) is 0. The topological polar surface area (TPSA) is 3.24 Å². The van der Waals surface area contributed by atoms with E-state index in [0.717, 1.165) is 17.8 Å². The predicted octanol–water partition coefficient (Wildman–Crippen LogP) is 12.4. The van der Waals surface area contributed by atoms with Crippen LogP contribution in [0.15, 0.2) is 121 Å². The molecule has 0 heterocycles. The number of benzene rings is 5. The Bertz CT molecular complexity index is 1770. The lowest BCUT2D eigenvalue weighted by Crippen LogP contribution is -2.48. The van der Waals surface area contributed by atoms with Crippen LogP contribution in [-0.4, -0.2) is 0 Å². The van der Waals surface area contributed by atoms with Crippen LogP contribution in [0.3, 0.4) is 0 Å². The SMILES string of the molecule is c1ccc(C2(c3ccc(N(c4ccc(C56CC7CC(CC(C7)C5)C6)cc4)c4ccc5ccccc5c4)cc3)CCCCCC2)cc1. The van der Waals surface area contributed by atoms with Crippen molar-refractivity contribution < 1.29 is 0 Å². The summed E-state index contributed by atoms with van der Waals surface area (Å²) in [4.78, 5) is 2.49. The first kappa shape index (κ1) is 28.4. The Morgan fingerprint density at radius 1 is 0.435 bits per heavy atom. The van der Waals surface area contributed by atoms with Gasteiger partial charge in [-0.1, -0.05) is 111 Å². The summed E-state index contributed by atoms with van der Waals surface area (Å²) in [5, 5.41) is 2.57. The van der Waals surface area contributed by atoms with E-state index in [4.69, 9.17) is 0 Å². The molecule has 0 aromatic heterocycles. The summed E-state index contributed by atoms with van der Waals surface area (Å²) >= 11 is 0. The van der Waals surface area contributed by atoms with Crippen LogP contribution in [0.2, 0.25) is 0 Å². The lowest BCUT2D eigenvalue weighted by atomic mass is 9.48. The fourth-order valence-corrected chi connectivity index (χ4v) is 11.0. The van der Waals surface area contributed by atoms with Gasteiger partial charge in [0.15, 0.2) is 0 Å². The molecule has 5 fully saturated rings. The Kier molecular flexibility index (Phi) is 7.06.